The van der Waals surface area contributed by atoms with E-state index in [9.17, 15) is 9.90 Å². The monoisotopic (exact) mass is 505 g/mol. The van der Waals surface area contributed by atoms with Crippen LogP contribution in [0.5, 0.6) is 0 Å². The number of rotatable bonds is 11. The maximum atomic E-state index is 13.2. The molecular formula is C27H47N5O4. The Bertz CT molecular complexity index is 877. The lowest BCUT2D eigenvalue weighted by molar-refractivity contribution is -0.151. The second-order valence-electron chi connectivity index (χ2n) is 11.9. The Morgan fingerprint density at radius 2 is 1.86 bits per heavy atom. The van der Waals surface area contributed by atoms with Crippen LogP contribution in [0.1, 0.15) is 68.3 Å². The van der Waals surface area contributed by atoms with Gasteiger partial charge in [0.1, 0.15) is 0 Å². The van der Waals surface area contributed by atoms with E-state index in [-0.39, 0.29) is 17.2 Å². The first kappa shape index (κ1) is 27.5. The minimum Gasteiger partial charge on any atom is -0.390 e. The lowest BCUT2D eigenvalue weighted by Gasteiger charge is -2.43. The minimum atomic E-state index is -0.687. The van der Waals surface area contributed by atoms with Crippen LogP contribution in [0.3, 0.4) is 0 Å². The Labute approximate surface area is 216 Å². The molecule has 204 valence electrons. The Hall–Kier alpha value is -1.52. The van der Waals surface area contributed by atoms with E-state index in [0.717, 1.165) is 65.1 Å². The van der Waals surface area contributed by atoms with Crippen molar-refractivity contribution in [1.29, 1.82) is 0 Å². The van der Waals surface area contributed by atoms with Crippen molar-refractivity contribution < 1.29 is 19.4 Å². The SMILES string of the molecule is CNCCN(C)Cc1nn2c(c1C1CCC(COC)(COC)CC1)CN(C(=O)C1CC(C)(O)C1)CC2. The summed E-state index contributed by atoms with van der Waals surface area (Å²) >= 11 is 0. The lowest BCUT2D eigenvalue weighted by Crippen LogP contribution is -2.51. The summed E-state index contributed by atoms with van der Waals surface area (Å²) in [5.74, 6) is 0.571. The summed E-state index contributed by atoms with van der Waals surface area (Å²) < 4.78 is 13.4. The number of carbonyl (C=O) groups is 1. The third-order valence-electron chi connectivity index (χ3n) is 8.65. The topological polar surface area (TPSA) is 92.1 Å². The number of hydrogen-bond acceptors (Lipinski definition) is 7. The highest BCUT2D eigenvalue weighted by atomic mass is 16.5. The molecule has 2 heterocycles. The summed E-state index contributed by atoms with van der Waals surface area (Å²) in [5.41, 5.74) is 3.15. The number of methoxy groups -OCH3 is 2. The Morgan fingerprint density at radius 3 is 2.44 bits per heavy atom. The van der Waals surface area contributed by atoms with Gasteiger partial charge in [-0.15, -0.1) is 0 Å². The molecule has 0 aromatic carbocycles. The van der Waals surface area contributed by atoms with Crippen LogP contribution in [0, 0.1) is 11.3 Å². The van der Waals surface area contributed by atoms with E-state index >= 15 is 0 Å². The van der Waals surface area contributed by atoms with Crippen molar-refractivity contribution >= 4 is 5.91 Å². The van der Waals surface area contributed by atoms with Crippen LogP contribution in [-0.4, -0.2) is 97.4 Å². The van der Waals surface area contributed by atoms with Crippen molar-refractivity contribution in [2.24, 2.45) is 11.3 Å². The molecule has 9 nitrogen and oxygen atoms in total. The van der Waals surface area contributed by atoms with E-state index in [1.807, 2.05) is 18.9 Å². The molecule has 3 aliphatic rings. The molecule has 0 spiro atoms. The van der Waals surface area contributed by atoms with Gasteiger partial charge >= 0.3 is 0 Å². The van der Waals surface area contributed by atoms with Gasteiger partial charge in [-0.25, -0.2) is 0 Å². The predicted octanol–water partition coefficient (Wildman–Crippen LogP) is 1.97. The molecule has 0 saturated heterocycles. The standard InChI is InChI=1S/C27H47N5O4/c1-26(34)14-21(15-26)25(33)31-12-13-32-23(17-31)24(22(29-32)16-30(3)11-10-28-2)20-6-8-27(9-7-20,18-35-4)19-36-5/h20-21,28,34H,6-19H2,1-5H3. The van der Waals surface area contributed by atoms with Gasteiger partial charge in [0.2, 0.25) is 5.91 Å². The number of amides is 1. The minimum absolute atomic E-state index is 0.0524. The van der Waals surface area contributed by atoms with Gasteiger partial charge in [-0.2, -0.15) is 5.10 Å². The summed E-state index contributed by atoms with van der Waals surface area (Å²) in [7, 11) is 7.70. The van der Waals surface area contributed by atoms with E-state index in [4.69, 9.17) is 14.6 Å². The van der Waals surface area contributed by atoms with Gasteiger partial charge < -0.3 is 24.8 Å². The maximum absolute atomic E-state index is 13.2. The fourth-order valence-corrected chi connectivity index (χ4v) is 6.70. The van der Waals surface area contributed by atoms with Crippen LogP contribution in [0.2, 0.25) is 0 Å². The quantitative estimate of drug-likeness (QED) is 0.475. The molecule has 1 amide bonds. The third-order valence-corrected chi connectivity index (χ3v) is 8.65. The zero-order valence-electron chi connectivity index (χ0n) is 23.0. The molecular weight excluding hydrogens is 458 g/mol. The van der Waals surface area contributed by atoms with Crippen molar-refractivity contribution in [2.45, 2.75) is 76.6 Å². The maximum Gasteiger partial charge on any atom is 0.226 e. The zero-order chi connectivity index (χ0) is 25.9. The number of fused-ring (bicyclic) bond motifs is 1. The van der Waals surface area contributed by atoms with E-state index in [1.165, 1.54) is 17.0 Å². The van der Waals surface area contributed by atoms with E-state index in [1.54, 1.807) is 14.2 Å². The molecule has 1 aromatic heterocycles. The smallest absolute Gasteiger partial charge is 0.226 e. The molecule has 2 N–H and O–H groups in total. The fourth-order valence-electron chi connectivity index (χ4n) is 6.70. The van der Waals surface area contributed by atoms with E-state index in [0.29, 0.717) is 31.8 Å². The highest BCUT2D eigenvalue weighted by Gasteiger charge is 2.45. The van der Waals surface area contributed by atoms with Gasteiger partial charge in [0.05, 0.1) is 43.3 Å². The number of nitrogens with one attached hydrogen (secondary N) is 1. The van der Waals surface area contributed by atoms with Gasteiger partial charge in [-0.3, -0.25) is 14.4 Å². The second-order valence-corrected chi connectivity index (χ2v) is 11.9. The largest absolute Gasteiger partial charge is 0.390 e. The average molecular weight is 506 g/mol. The van der Waals surface area contributed by atoms with Gasteiger partial charge in [-0.05, 0) is 65.5 Å². The summed E-state index contributed by atoms with van der Waals surface area (Å²) in [6, 6.07) is 0. The van der Waals surface area contributed by atoms with Crippen LogP contribution < -0.4 is 5.32 Å². The summed E-state index contributed by atoms with van der Waals surface area (Å²) in [6.07, 6.45) is 5.44. The molecule has 2 aliphatic carbocycles. The first-order valence-corrected chi connectivity index (χ1v) is 13.6. The van der Waals surface area contributed by atoms with Crippen LogP contribution >= 0.6 is 0 Å². The highest BCUT2D eigenvalue weighted by molar-refractivity contribution is 5.80. The van der Waals surface area contributed by atoms with Gasteiger partial charge in [-0.1, -0.05) is 0 Å². The van der Waals surface area contributed by atoms with Crippen LogP contribution in [0.25, 0.3) is 0 Å². The lowest BCUT2D eigenvalue weighted by atomic mass is 9.69. The fraction of sp³-hybridized carbons (Fsp3) is 0.852. The number of hydrogen-bond donors (Lipinski definition) is 2. The molecule has 2 fully saturated rings. The first-order valence-electron chi connectivity index (χ1n) is 13.6. The number of aromatic nitrogens is 2. The Balaban J connectivity index is 1.55. The first-order chi connectivity index (χ1) is 17.2. The molecule has 0 atom stereocenters. The molecule has 36 heavy (non-hydrogen) atoms. The molecule has 1 aliphatic heterocycles. The second kappa shape index (κ2) is 11.5. The van der Waals surface area contributed by atoms with Crippen LogP contribution in [-0.2, 0) is 33.9 Å². The van der Waals surface area contributed by atoms with Crippen molar-refractivity contribution in [3.63, 3.8) is 0 Å². The normalized spacial score (nSPS) is 26.2. The third kappa shape index (κ3) is 5.96. The van der Waals surface area contributed by atoms with Crippen molar-refractivity contribution in [1.82, 2.24) is 24.9 Å². The molecule has 4 rings (SSSR count). The summed E-state index contributed by atoms with van der Waals surface area (Å²) in [5, 5.41) is 18.5. The Kier molecular flexibility index (Phi) is 8.77. The predicted molar refractivity (Wildman–Crippen MR) is 139 cm³/mol. The van der Waals surface area contributed by atoms with E-state index in [2.05, 4.69) is 21.9 Å². The number of aliphatic hydroxyl groups is 1. The summed E-state index contributed by atoms with van der Waals surface area (Å²) in [6.45, 7) is 8.04. The summed E-state index contributed by atoms with van der Waals surface area (Å²) in [4.78, 5) is 17.6. The van der Waals surface area contributed by atoms with Crippen molar-refractivity contribution in [2.75, 3.05) is 61.2 Å². The number of nitrogens with zero attached hydrogens (tertiary/aromatic N) is 4. The van der Waals surface area contributed by atoms with Crippen molar-refractivity contribution in [3.05, 3.63) is 17.0 Å². The molecule has 2 saturated carbocycles. The molecule has 1 aromatic rings. The van der Waals surface area contributed by atoms with Gasteiger partial charge in [0.25, 0.3) is 0 Å². The van der Waals surface area contributed by atoms with Gasteiger partial charge in [0.15, 0.2) is 0 Å². The number of carbonyl (C=O) groups excluding carboxylic acids is 1. The highest BCUT2D eigenvalue weighted by Crippen LogP contribution is 2.46. The number of ether oxygens (including phenoxy) is 2. The van der Waals surface area contributed by atoms with Gasteiger partial charge in [0, 0.05) is 57.3 Å². The average Bonchev–Trinajstić information content (AvgIpc) is 3.18. The van der Waals surface area contributed by atoms with Crippen LogP contribution in [0.15, 0.2) is 0 Å². The zero-order valence-corrected chi connectivity index (χ0v) is 23.0. The van der Waals surface area contributed by atoms with Crippen molar-refractivity contribution in [3.8, 4) is 0 Å². The molecule has 0 radical (unpaired) electrons. The molecule has 9 heteroatoms. The number of likely N-dealkylation sites (N-methyl/N-ethyl adjacent to an activating group) is 2. The molecule has 0 bridgehead atoms. The van der Waals surface area contributed by atoms with E-state index < -0.39 is 5.60 Å². The molecule has 0 unspecified atom stereocenters. The Morgan fingerprint density at radius 1 is 1.19 bits per heavy atom. The van der Waals surface area contributed by atoms with Crippen LogP contribution in [0.4, 0.5) is 0 Å².